The number of nitrogens with zero attached hydrogens (tertiary/aromatic N) is 3. The van der Waals surface area contributed by atoms with Crippen molar-refractivity contribution >= 4 is 40.3 Å². The van der Waals surface area contributed by atoms with E-state index in [9.17, 15) is 4.79 Å². The highest BCUT2D eigenvalue weighted by molar-refractivity contribution is 5.95. The summed E-state index contributed by atoms with van der Waals surface area (Å²) < 4.78 is 1.66. The number of amides is 1. The van der Waals surface area contributed by atoms with Gasteiger partial charge in [0.15, 0.2) is 5.65 Å². The summed E-state index contributed by atoms with van der Waals surface area (Å²) in [5, 5.41) is 16.8. The quantitative estimate of drug-likeness (QED) is 0.549. The second-order valence-corrected chi connectivity index (χ2v) is 5.50. The molecular formula is C16H17N7O. The maximum absolute atomic E-state index is 12.1. The number of benzene rings is 1. The molecule has 8 heteroatoms. The van der Waals surface area contributed by atoms with Gasteiger partial charge in [-0.1, -0.05) is 6.07 Å². The van der Waals surface area contributed by atoms with Gasteiger partial charge in [-0.15, -0.1) is 0 Å². The lowest BCUT2D eigenvalue weighted by Gasteiger charge is -2.11. The monoisotopic (exact) mass is 323 g/mol. The third-order valence-electron chi connectivity index (χ3n) is 3.82. The van der Waals surface area contributed by atoms with Crippen molar-refractivity contribution in [3.05, 3.63) is 36.5 Å². The molecule has 1 aliphatic rings. The predicted octanol–water partition coefficient (Wildman–Crippen LogP) is 2.27. The predicted molar refractivity (Wildman–Crippen MR) is 94.0 cm³/mol. The number of carbonyl (C=O) groups is 1. The van der Waals surface area contributed by atoms with E-state index in [0.29, 0.717) is 30.1 Å². The molecule has 2 aromatic heterocycles. The molecule has 0 radical (unpaired) electrons. The number of anilines is 5. The van der Waals surface area contributed by atoms with E-state index in [-0.39, 0.29) is 5.91 Å². The Morgan fingerprint density at radius 1 is 1.21 bits per heavy atom. The van der Waals surface area contributed by atoms with Gasteiger partial charge >= 0.3 is 0 Å². The Bertz CT molecular complexity index is 918. The fourth-order valence-electron chi connectivity index (χ4n) is 2.68. The van der Waals surface area contributed by atoms with Crippen LogP contribution in [0.4, 0.5) is 28.7 Å². The highest BCUT2D eigenvalue weighted by Gasteiger charge is 2.14. The zero-order valence-electron chi connectivity index (χ0n) is 13.1. The second-order valence-electron chi connectivity index (χ2n) is 5.50. The van der Waals surface area contributed by atoms with Gasteiger partial charge in [-0.25, -0.2) is 4.98 Å². The number of nitrogens with one attached hydrogen (secondary N) is 4. The zero-order valence-corrected chi connectivity index (χ0v) is 13.1. The van der Waals surface area contributed by atoms with Gasteiger partial charge in [-0.3, -0.25) is 4.79 Å². The molecule has 3 aromatic rings. The van der Waals surface area contributed by atoms with Crippen LogP contribution in [0.3, 0.4) is 0 Å². The Morgan fingerprint density at radius 2 is 2.08 bits per heavy atom. The van der Waals surface area contributed by atoms with Crippen LogP contribution in [0.2, 0.25) is 0 Å². The molecule has 0 fully saturated rings. The van der Waals surface area contributed by atoms with Gasteiger partial charge < -0.3 is 21.3 Å². The van der Waals surface area contributed by atoms with Crippen LogP contribution in [0.5, 0.6) is 0 Å². The lowest BCUT2D eigenvalue weighted by molar-refractivity contribution is -0.115. The van der Waals surface area contributed by atoms with Crippen molar-refractivity contribution in [3.63, 3.8) is 0 Å². The second kappa shape index (κ2) is 5.73. The van der Waals surface area contributed by atoms with Crippen LogP contribution in [-0.2, 0) is 4.79 Å². The van der Waals surface area contributed by atoms with Crippen LogP contribution in [0.25, 0.3) is 5.65 Å². The van der Waals surface area contributed by atoms with Crippen LogP contribution in [0, 0.1) is 0 Å². The number of carbonyl (C=O) groups excluding carboxylic acids is 1. The largest absolute Gasteiger partial charge is 0.384 e. The van der Waals surface area contributed by atoms with Crippen LogP contribution < -0.4 is 21.3 Å². The summed E-state index contributed by atoms with van der Waals surface area (Å²) in [6.45, 7) is 0.548. The molecule has 4 rings (SSSR count). The molecule has 4 bridgehead atoms. The van der Waals surface area contributed by atoms with Crippen molar-refractivity contribution in [2.45, 2.75) is 6.42 Å². The summed E-state index contributed by atoms with van der Waals surface area (Å²) in [4.78, 5) is 16.7. The van der Waals surface area contributed by atoms with E-state index in [1.54, 1.807) is 10.7 Å². The maximum Gasteiger partial charge on any atom is 0.226 e. The maximum atomic E-state index is 12.1. The molecular weight excluding hydrogens is 306 g/mol. The van der Waals surface area contributed by atoms with E-state index in [2.05, 4.69) is 31.3 Å². The Labute approximate surface area is 138 Å². The van der Waals surface area contributed by atoms with E-state index in [4.69, 9.17) is 0 Å². The fourth-order valence-corrected chi connectivity index (χ4v) is 2.68. The molecule has 0 saturated carbocycles. The minimum Gasteiger partial charge on any atom is -0.384 e. The summed E-state index contributed by atoms with van der Waals surface area (Å²) >= 11 is 0. The number of rotatable bonds is 1. The van der Waals surface area contributed by atoms with Crippen LogP contribution >= 0.6 is 0 Å². The molecule has 0 saturated heterocycles. The Kier molecular flexibility index (Phi) is 3.42. The minimum absolute atomic E-state index is 0.0843. The van der Waals surface area contributed by atoms with Crippen LogP contribution in [-0.4, -0.2) is 34.1 Å². The summed E-state index contributed by atoms with van der Waals surface area (Å²) in [7, 11) is 1.82. The zero-order chi connectivity index (χ0) is 16.5. The molecule has 0 aliphatic carbocycles. The van der Waals surface area contributed by atoms with Gasteiger partial charge in [0.2, 0.25) is 5.91 Å². The molecule has 1 aliphatic heterocycles. The third-order valence-corrected chi connectivity index (χ3v) is 3.82. The number of hydrogen-bond donors (Lipinski definition) is 4. The average Bonchev–Trinajstić information content (AvgIpc) is 2.97. The normalized spacial score (nSPS) is 14.0. The summed E-state index contributed by atoms with van der Waals surface area (Å²) in [5.41, 5.74) is 3.04. The average molecular weight is 323 g/mol. The minimum atomic E-state index is -0.0843. The summed E-state index contributed by atoms with van der Waals surface area (Å²) in [6.07, 6.45) is 1.96. The molecule has 122 valence electrons. The van der Waals surface area contributed by atoms with Gasteiger partial charge in [0, 0.05) is 37.5 Å². The number of hydrogen-bond acceptors (Lipinski definition) is 6. The van der Waals surface area contributed by atoms with E-state index in [1.165, 1.54) is 0 Å². The molecule has 24 heavy (non-hydrogen) atoms. The van der Waals surface area contributed by atoms with Gasteiger partial charge in [0.25, 0.3) is 0 Å². The lowest BCUT2D eigenvalue weighted by atomic mass is 10.2. The van der Waals surface area contributed by atoms with Gasteiger partial charge in [0.05, 0.1) is 6.20 Å². The first-order valence-electron chi connectivity index (χ1n) is 7.70. The third kappa shape index (κ3) is 2.58. The van der Waals surface area contributed by atoms with E-state index >= 15 is 0 Å². The van der Waals surface area contributed by atoms with Gasteiger partial charge in [0.1, 0.15) is 17.3 Å². The molecule has 4 N–H and O–H groups in total. The Balaban J connectivity index is 1.87. The first-order valence-corrected chi connectivity index (χ1v) is 7.70. The topological polar surface area (TPSA) is 95.4 Å². The molecule has 0 unspecified atom stereocenters. The highest BCUT2D eigenvalue weighted by Crippen LogP contribution is 2.25. The smallest absolute Gasteiger partial charge is 0.226 e. The van der Waals surface area contributed by atoms with Crippen LogP contribution in [0.1, 0.15) is 6.42 Å². The van der Waals surface area contributed by atoms with Crippen LogP contribution in [0.15, 0.2) is 36.5 Å². The lowest BCUT2D eigenvalue weighted by Crippen LogP contribution is -2.16. The molecule has 1 aromatic carbocycles. The molecule has 0 atom stereocenters. The Hall–Kier alpha value is -3.29. The van der Waals surface area contributed by atoms with Gasteiger partial charge in [-0.2, -0.15) is 9.61 Å². The Morgan fingerprint density at radius 3 is 2.96 bits per heavy atom. The van der Waals surface area contributed by atoms with Gasteiger partial charge in [-0.05, 0) is 18.2 Å². The van der Waals surface area contributed by atoms with Crippen molar-refractivity contribution in [2.75, 3.05) is 34.9 Å². The standard InChI is InChI=1S/C16H17N7O/c1-17-14-8-13-20-11-4-2-3-10(7-11)18-6-5-15(24)21-12-9-19-23(14)16(12)22-13/h2-4,7-9,17-18H,5-6H2,1H3,(H,20,22)(H,21,24). The first kappa shape index (κ1) is 14.3. The highest BCUT2D eigenvalue weighted by atomic mass is 16.1. The van der Waals surface area contributed by atoms with Crippen molar-refractivity contribution in [1.29, 1.82) is 0 Å². The molecule has 3 heterocycles. The number of fused-ring (bicyclic) bond motifs is 3. The molecule has 0 spiro atoms. The van der Waals surface area contributed by atoms with E-state index in [0.717, 1.165) is 17.2 Å². The number of aromatic nitrogens is 3. The fraction of sp³-hybridized carbons (Fsp3) is 0.188. The summed E-state index contributed by atoms with van der Waals surface area (Å²) in [6, 6.07) is 9.73. The van der Waals surface area contributed by atoms with Crippen molar-refractivity contribution in [2.24, 2.45) is 0 Å². The first-order chi connectivity index (χ1) is 11.7. The molecule has 1 amide bonds. The van der Waals surface area contributed by atoms with E-state index in [1.807, 2.05) is 37.4 Å². The molecule has 8 nitrogen and oxygen atoms in total. The van der Waals surface area contributed by atoms with Crippen molar-refractivity contribution in [1.82, 2.24) is 14.6 Å². The van der Waals surface area contributed by atoms with Crippen molar-refractivity contribution < 1.29 is 4.79 Å². The summed E-state index contributed by atoms with van der Waals surface area (Å²) in [5.74, 6) is 1.35. The SMILES string of the molecule is CNc1cc2nc3c(cnn13)NC(=O)CCNc1cccc(c1)N2. The van der Waals surface area contributed by atoms with E-state index < -0.39 is 0 Å². The van der Waals surface area contributed by atoms with Crippen molar-refractivity contribution in [3.8, 4) is 0 Å².